The predicted molar refractivity (Wildman–Crippen MR) is 70.2 cm³/mol. The lowest BCUT2D eigenvalue weighted by molar-refractivity contribution is 0.181. The first kappa shape index (κ1) is 12.2. The number of hydrogen-bond donors (Lipinski definition) is 2. The van der Waals surface area contributed by atoms with Gasteiger partial charge in [0.25, 0.3) is 0 Å². The monoisotopic (exact) mass is 263 g/mol. The highest BCUT2D eigenvalue weighted by molar-refractivity contribution is 5.46. The number of anilines is 1. The zero-order valence-electron chi connectivity index (χ0n) is 10.8. The van der Waals surface area contributed by atoms with E-state index in [1.54, 1.807) is 13.2 Å². The van der Waals surface area contributed by atoms with Crippen molar-refractivity contribution in [3.8, 4) is 0 Å². The molecule has 1 saturated carbocycles. The fourth-order valence-corrected chi connectivity index (χ4v) is 2.55. The number of H-pyrrole nitrogens is 1. The van der Waals surface area contributed by atoms with Gasteiger partial charge in [0.15, 0.2) is 5.65 Å². The van der Waals surface area contributed by atoms with E-state index in [2.05, 4.69) is 20.5 Å². The van der Waals surface area contributed by atoms with Crippen LogP contribution in [0.3, 0.4) is 0 Å². The van der Waals surface area contributed by atoms with Gasteiger partial charge >= 0.3 is 5.69 Å². The summed E-state index contributed by atoms with van der Waals surface area (Å²) in [5.74, 6) is 0.551. The standard InChI is InChI=1S/C12H17N5O2/c1-19-7-9-6-10-15-16-12(18)17(10)11(14-9)13-8-4-2-3-5-8/h6,8H,2-5,7H2,1H3,(H,13,14)(H,16,18). The first-order valence-electron chi connectivity index (χ1n) is 6.50. The highest BCUT2D eigenvalue weighted by Crippen LogP contribution is 2.21. The number of methoxy groups -OCH3 is 1. The number of hydrogen-bond acceptors (Lipinski definition) is 5. The van der Waals surface area contributed by atoms with Crippen LogP contribution in [-0.4, -0.2) is 32.7 Å². The number of nitrogens with one attached hydrogen (secondary N) is 2. The molecule has 1 fully saturated rings. The molecule has 1 aliphatic rings. The Labute approximate surface area is 110 Å². The van der Waals surface area contributed by atoms with Crippen LogP contribution in [0, 0.1) is 0 Å². The third-order valence-electron chi connectivity index (χ3n) is 3.44. The molecule has 2 heterocycles. The Morgan fingerprint density at radius 1 is 1.53 bits per heavy atom. The van der Waals surface area contributed by atoms with Crippen molar-refractivity contribution in [2.24, 2.45) is 0 Å². The van der Waals surface area contributed by atoms with Crippen LogP contribution in [0.15, 0.2) is 10.9 Å². The summed E-state index contributed by atoms with van der Waals surface area (Å²) in [4.78, 5) is 16.2. The maximum absolute atomic E-state index is 11.8. The maximum atomic E-state index is 11.8. The van der Waals surface area contributed by atoms with Gasteiger partial charge in [0.2, 0.25) is 5.95 Å². The van der Waals surface area contributed by atoms with Gasteiger partial charge in [-0.05, 0) is 12.8 Å². The molecule has 0 bridgehead atoms. The molecule has 7 heteroatoms. The third kappa shape index (κ3) is 2.33. The van der Waals surface area contributed by atoms with E-state index in [1.807, 2.05) is 0 Å². The first-order valence-corrected chi connectivity index (χ1v) is 6.50. The van der Waals surface area contributed by atoms with Crippen LogP contribution in [0.25, 0.3) is 5.65 Å². The second-order valence-electron chi connectivity index (χ2n) is 4.85. The highest BCUT2D eigenvalue weighted by Gasteiger charge is 2.18. The van der Waals surface area contributed by atoms with Gasteiger partial charge in [-0.15, -0.1) is 0 Å². The van der Waals surface area contributed by atoms with Gasteiger partial charge in [-0.1, -0.05) is 12.8 Å². The van der Waals surface area contributed by atoms with Gasteiger partial charge in [0.05, 0.1) is 12.3 Å². The van der Waals surface area contributed by atoms with Crippen LogP contribution < -0.4 is 11.0 Å². The van der Waals surface area contributed by atoms with Gasteiger partial charge in [-0.2, -0.15) is 5.10 Å². The summed E-state index contributed by atoms with van der Waals surface area (Å²) in [6, 6.07) is 2.14. The van der Waals surface area contributed by atoms with Crippen LogP contribution in [0.2, 0.25) is 0 Å². The Balaban J connectivity index is 2.02. The van der Waals surface area contributed by atoms with E-state index in [-0.39, 0.29) is 5.69 Å². The molecule has 0 radical (unpaired) electrons. The molecule has 3 rings (SSSR count). The molecule has 0 aliphatic heterocycles. The molecule has 102 valence electrons. The number of nitrogens with zero attached hydrogens (tertiary/aromatic N) is 3. The van der Waals surface area contributed by atoms with Gasteiger partial charge in [0.1, 0.15) is 0 Å². The molecule has 19 heavy (non-hydrogen) atoms. The minimum Gasteiger partial charge on any atom is -0.378 e. The van der Waals surface area contributed by atoms with Crippen molar-refractivity contribution in [3.05, 3.63) is 22.2 Å². The van der Waals surface area contributed by atoms with Crippen LogP contribution in [-0.2, 0) is 11.3 Å². The van der Waals surface area contributed by atoms with Crippen molar-refractivity contribution in [1.82, 2.24) is 19.6 Å². The minimum atomic E-state index is -0.271. The molecule has 2 N–H and O–H groups in total. The number of aromatic amines is 1. The third-order valence-corrected chi connectivity index (χ3v) is 3.44. The lowest BCUT2D eigenvalue weighted by atomic mass is 10.2. The summed E-state index contributed by atoms with van der Waals surface area (Å²) < 4.78 is 6.56. The molecule has 7 nitrogen and oxygen atoms in total. The van der Waals surface area contributed by atoms with E-state index in [1.165, 1.54) is 17.2 Å². The van der Waals surface area contributed by atoms with Crippen LogP contribution in [0.1, 0.15) is 31.4 Å². The molecular weight excluding hydrogens is 246 g/mol. The number of ether oxygens (including phenoxy) is 1. The molecule has 2 aromatic rings. The average Bonchev–Trinajstić information content (AvgIpc) is 3.00. The Bertz CT molecular complexity index is 627. The zero-order chi connectivity index (χ0) is 13.2. The van der Waals surface area contributed by atoms with Crippen LogP contribution >= 0.6 is 0 Å². The van der Waals surface area contributed by atoms with E-state index in [0.717, 1.165) is 18.5 Å². The SMILES string of the molecule is COCc1cc2n[nH]c(=O)n2c(NC2CCCC2)n1. The van der Waals surface area contributed by atoms with E-state index >= 15 is 0 Å². The normalized spacial score (nSPS) is 16.3. The molecule has 0 atom stereocenters. The Morgan fingerprint density at radius 2 is 2.32 bits per heavy atom. The fourth-order valence-electron chi connectivity index (χ4n) is 2.55. The molecular formula is C12H17N5O2. The molecule has 0 spiro atoms. The quantitative estimate of drug-likeness (QED) is 0.856. The van der Waals surface area contributed by atoms with E-state index in [9.17, 15) is 4.79 Å². The van der Waals surface area contributed by atoms with Crippen LogP contribution in [0.4, 0.5) is 5.95 Å². The Hall–Kier alpha value is -1.89. The van der Waals surface area contributed by atoms with E-state index in [0.29, 0.717) is 24.2 Å². The lowest BCUT2D eigenvalue weighted by Crippen LogP contribution is -2.22. The summed E-state index contributed by atoms with van der Waals surface area (Å²) in [5.41, 5.74) is 1.05. The molecule has 0 aromatic carbocycles. The van der Waals surface area contributed by atoms with E-state index < -0.39 is 0 Å². The largest absolute Gasteiger partial charge is 0.378 e. The number of aromatic nitrogens is 4. The van der Waals surface area contributed by atoms with Gasteiger partial charge in [-0.25, -0.2) is 19.3 Å². The Kier molecular flexibility index (Phi) is 3.20. The summed E-state index contributed by atoms with van der Waals surface area (Å²) in [6.45, 7) is 0.400. The van der Waals surface area contributed by atoms with Crippen molar-refractivity contribution in [2.75, 3.05) is 12.4 Å². The Morgan fingerprint density at radius 3 is 3.05 bits per heavy atom. The summed E-state index contributed by atoms with van der Waals surface area (Å²) in [6.07, 6.45) is 4.67. The number of rotatable bonds is 4. The van der Waals surface area contributed by atoms with Crippen molar-refractivity contribution in [2.45, 2.75) is 38.3 Å². The van der Waals surface area contributed by atoms with Crippen molar-refractivity contribution >= 4 is 11.6 Å². The molecule has 0 amide bonds. The van der Waals surface area contributed by atoms with Crippen molar-refractivity contribution in [3.63, 3.8) is 0 Å². The maximum Gasteiger partial charge on any atom is 0.350 e. The van der Waals surface area contributed by atoms with E-state index in [4.69, 9.17) is 4.74 Å². The molecule has 1 aliphatic carbocycles. The summed E-state index contributed by atoms with van der Waals surface area (Å²) in [5, 5.41) is 9.78. The van der Waals surface area contributed by atoms with Crippen LogP contribution in [0.5, 0.6) is 0 Å². The smallest absolute Gasteiger partial charge is 0.350 e. The second-order valence-corrected chi connectivity index (χ2v) is 4.85. The van der Waals surface area contributed by atoms with Crippen molar-refractivity contribution in [1.29, 1.82) is 0 Å². The summed E-state index contributed by atoms with van der Waals surface area (Å²) >= 11 is 0. The molecule has 0 unspecified atom stereocenters. The second kappa shape index (κ2) is 5.00. The topological polar surface area (TPSA) is 84.3 Å². The van der Waals surface area contributed by atoms with Crippen molar-refractivity contribution < 1.29 is 4.74 Å². The van der Waals surface area contributed by atoms with Gasteiger partial charge in [0, 0.05) is 19.2 Å². The minimum absolute atomic E-state index is 0.271. The molecule has 0 saturated heterocycles. The number of fused-ring (bicyclic) bond motifs is 1. The summed E-state index contributed by atoms with van der Waals surface area (Å²) in [7, 11) is 1.62. The van der Waals surface area contributed by atoms with Gasteiger partial charge in [-0.3, -0.25) is 0 Å². The predicted octanol–water partition coefficient (Wildman–Crippen LogP) is 0.918. The lowest BCUT2D eigenvalue weighted by Gasteiger charge is -2.14. The average molecular weight is 263 g/mol. The molecule has 2 aromatic heterocycles. The zero-order valence-corrected chi connectivity index (χ0v) is 10.8. The van der Waals surface area contributed by atoms with Gasteiger partial charge < -0.3 is 10.1 Å². The first-order chi connectivity index (χ1) is 9.28. The highest BCUT2D eigenvalue weighted by atomic mass is 16.5. The fraction of sp³-hybridized carbons (Fsp3) is 0.583.